The molecular formula is C20H25ClN6O3. The number of halogens is 1. The Morgan fingerprint density at radius 3 is 2.67 bits per heavy atom. The summed E-state index contributed by atoms with van der Waals surface area (Å²) in [6, 6.07) is 6.24. The molecule has 1 aromatic carbocycles. The third-order valence-electron chi connectivity index (χ3n) is 5.24. The van der Waals surface area contributed by atoms with Gasteiger partial charge in [0.1, 0.15) is 10.8 Å². The molecule has 3 rings (SSSR count). The van der Waals surface area contributed by atoms with Crippen LogP contribution in [0.4, 0.5) is 17.5 Å². The molecule has 1 aromatic heterocycles. The Balaban J connectivity index is 1.47. The fourth-order valence-electron chi connectivity index (χ4n) is 3.49. The number of amides is 1. The molecule has 0 radical (unpaired) electrons. The van der Waals surface area contributed by atoms with Crippen LogP contribution in [0.15, 0.2) is 30.5 Å². The number of anilines is 2. The fourth-order valence-corrected chi connectivity index (χ4v) is 3.68. The molecular weight excluding hydrogens is 408 g/mol. The summed E-state index contributed by atoms with van der Waals surface area (Å²) in [6.45, 7) is 0.536. The molecule has 1 saturated carbocycles. The third kappa shape index (κ3) is 5.56. The zero-order valence-electron chi connectivity index (χ0n) is 17.0. The van der Waals surface area contributed by atoms with E-state index >= 15 is 0 Å². The van der Waals surface area contributed by atoms with Crippen LogP contribution in [-0.4, -0.2) is 47.5 Å². The van der Waals surface area contributed by atoms with E-state index in [-0.39, 0.29) is 22.2 Å². The van der Waals surface area contributed by atoms with Gasteiger partial charge in [-0.25, -0.2) is 4.98 Å². The predicted molar refractivity (Wildman–Crippen MR) is 116 cm³/mol. The molecule has 9 nitrogen and oxygen atoms in total. The summed E-state index contributed by atoms with van der Waals surface area (Å²) < 4.78 is 0. The number of rotatable bonds is 7. The number of benzene rings is 1. The molecule has 0 saturated heterocycles. The highest BCUT2D eigenvalue weighted by molar-refractivity contribution is 6.32. The minimum Gasteiger partial charge on any atom is -0.363 e. The van der Waals surface area contributed by atoms with E-state index < -0.39 is 4.92 Å². The molecule has 1 heterocycles. The van der Waals surface area contributed by atoms with Gasteiger partial charge in [-0.1, -0.05) is 11.6 Å². The molecule has 0 bridgehead atoms. The van der Waals surface area contributed by atoms with Crippen LogP contribution in [0.1, 0.15) is 36.0 Å². The third-order valence-corrected chi connectivity index (χ3v) is 5.55. The second-order valence-corrected chi connectivity index (χ2v) is 8.04. The Bertz CT molecular complexity index is 915. The Hall–Kier alpha value is -2.94. The van der Waals surface area contributed by atoms with Gasteiger partial charge in [-0.05, 0) is 49.8 Å². The molecule has 0 spiro atoms. The van der Waals surface area contributed by atoms with E-state index in [1.807, 2.05) is 25.1 Å². The van der Waals surface area contributed by atoms with Crippen molar-refractivity contribution in [2.24, 2.45) is 5.92 Å². The van der Waals surface area contributed by atoms with Crippen LogP contribution in [0.5, 0.6) is 0 Å². The van der Waals surface area contributed by atoms with Gasteiger partial charge in [-0.3, -0.25) is 14.9 Å². The van der Waals surface area contributed by atoms with Gasteiger partial charge in [0, 0.05) is 44.5 Å². The Morgan fingerprint density at radius 1 is 1.27 bits per heavy atom. The maximum Gasteiger partial charge on any atom is 0.288 e. The van der Waals surface area contributed by atoms with Gasteiger partial charge < -0.3 is 15.5 Å². The lowest BCUT2D eigenvalue weighted by Crippen LogP contribution is -2.34. The highest BCUT2D eigenvalue weighted by atomic mass is 35.5. The summed E-state index contributed by atoms with van der Waals surface area (Å²) in [5, 5.41) is 17.3. The number of nitrogens with one attached hydrogen (secondary N) is 2. The summed E-state index contributed by atoms with van der Waals surface area (Å²) in [5.41, 5.74) is -0.0316. The van der Waals surface area contributed by atoms with Gasteiger partial charge in [0.05, 0.1) is 4.92 Å². The monoisotopic (exact) mass is 432 g/mol. The van der Waals surface area contributed by atoms with Crippen LogP contribution >= 0.6 is 11.6 Å². The second-order valence-electron chi connectivity index (χ2n) is 7.63. The van der Waals surface area contributed by atoms with Gasteiger partial charge in [-0.2, -0.15) is 4.98 Å². The number of carbonyl (C=O) groups is 1. The second kappa shape index (κ2) is 9.71. The number of nitro groups is 1. The number of hydrogen-bond donors (Lipinski definition) is 2. The van der Waals surface area contributed by atoms with Crippen molar-refractivity contribution in [3.05, 3.63) is 51.2 Å². The molecule has 1 amide bonds. The van der Waals surface area contributed by atoms with Crippen molar-refractivity contribution in [2.75, 3.05) is 30.9 Å². The van der Waals surface area contributed by atoms with Crippen molar-refractivity contribution in [3.63, 3.8) is 0 Å². The van der Waals surface area contributed by atoms with Crippen LogP contribution in [-0.2, 0) is 0 Å². The maximum absolute atomic E-state index is 12.4. The predicted octanol–water partition coefficient (Wildman–Crippen LogP) is 3.50. The average Bonchev–Trinajstić information content (AvgIpc) is 2.73. The summed E-state index contributed by atoms with van der Waals surface area (Å²) >= 11 is 5.80. The van der Waals surface area contributed by atoms with Crippen LogP contribution in [0.2, 0.25) is 5.02 Å². The molecule has 10 heteroatoms. The van der Waals surface area contributed by atoms with E-state index in [4.69, 9.17) is 11.6 Å². The van der Waals surface area contributed by atoms with E-state index in [0.29, 0.717) is 24.5 Å². The van der Waals surface area contributed by atoms with Crippen molar-refractivity contribution in [2.45, 2.75) is 31.7 Å². The van der Waals surface area contributed by atoms with Gasteiger partial charge >= 0.3 is 0 Å². The van der Waals surface area contributed by atoms with Gasteiger partial charge in [0.2, 0.25) is 5.95 Å². The number of nitrogens with zero attached hydrogens (tertiary/aromatic N) is 4. The minimum absolute atomic E-state index is 0.0162. The summed E-state index contributed by atoms with van der Waals surface area (Å²) in [6.07, 6.45) is 5.59. The Labute approximate surface area is 180 Å². The number of carbonyl (C=O) groups excluding carboxylic acids is 1. The lowest BCUT2D eigenvalue weighted by molar-refractivity contribution is -0.384. The Kier molecular flexibility index (Phi) is 7.04. The average molecular weight is 433 g/mol. The van der Waals surface area contributed by atoms with Crippen LogP contribution in [0.25, 0.3) is 0 Å². The zero-order chi connectivity index (χ0) is 21.7. The molecule has 0 aliphatic heterocycles. The number of aromatic nitrogens is 2. The first-order valence-corrected chi connectivity index (χ1v) is 10.2. The normalized spacial score (nSPS) is 18.5. The standard InChI is InChI=1S/C20H25ClN6O3/c1-26(2)18-9-10-22-20(25-18)24-15-6-3-13(4-7-15)12-23-19(28)14-5-8-16(21)17(11-14)27(29)30/h5,8-11,13,15H,3-4,6-7,12H2,1-2H3,(H,23,28)(H,22,24,25). The van der Waals surface area contributed by atoms with Gasteiger partial charge in [-0.15, -0.1) is 0 Å². The SMILES string of the molecule is CN(C)c1ccnc(NC2CCC(CNC(=O)c3ccc(Cl)c([N+](=O)[O-])c3)CC2)n1. The quantitative estimate of drug-likeness (QED) is 0.508. The molecule has 160 valence electrons. The van der Waals surface area contributed by atoms with Crippen LogP contribution in [0, 0.1) is 16.0 Å². The first-order chi connectivity index (χ1) is 14.3. The number of nitro benzene ring substituents is 1. The molecule has 1 aliphatic carbocycles. The highest BCUT2D eigenvalue weighted by Gasteiger charge is 2.23. The fraction of sp³-hybridized carbons (Fsp3) is 0.450. The molecule has 1 fully saturated rings. The van der Waals surface area contributed by atoms with E-state index in [1.54, 1.807) is 6.20 Å². The molecule has 0 atom stereocenters. The van der Waals surface area contributed by atoms with Crippen molar-refractivity contribution in [1.82, 2.24) is 15.3 Å². The topological polar surface area (TPSA) is 113 Å². The summed E-state index contributed by atoms with van der Waals surface area (Å²) in [7, 11) is 3.88. The molecule has 1 aliphatic rings. The summed E-state index contributed by atoms with van der Waals surface area (Å²) in [4.78, 5) is 33.5. The smallest absolute Gasteiger partial charge is 0.288 e. The first kappa shape index (κ1) is 21.8. The van der Waals surface area contributed by atoms with E-state index in [9.17, 15) is 14.9 Å². The lowest BCUT2D eigenvalue weighted by Gasteiger charge is -2.29. The zero-order valence-corrected chi connectivity index (χ0v) is 17.7. The number of hydrogen-bond acceptors (Lipinski definition) is 7. The largest absolute Gasteiger partial charge is 0.363 e. The Morgan fingerprint density at radius 2 is 2.00 bits per heavy atom. The van der Waals surface area contributed by atoms with E-state index in [0.717, 1.165) is 31.5 Å². The molecule has 2 N–H and O–H groups in total. The molecule has 2 aromatic rings. The van der Waals surface area contributed by atoms with Crippen molar-refractivity contribution >= 4 is 35.0 Å². The van der Waals surface area contributed by atoms with Crippen molar-refractivity contribution in [3.8, 4) is 0 Å². The van der Waals surface area contributed by atoms with E-state index in [2.05, 4.69) is 20.6 Å². The minimum atomic E-state index is -0.592. The first-order valence-electron chi connectivity index (χ1n) is 9.82. The van der Waals surface area contributed by atoms with Crippen LogP contribution < -0.4 is 15.5 Å². The van der Waals surface area contributed by atoms with Crippen LogP contribution in [0.3, 0.4) is 0 Å². The van der Waals surface area contributed by atoms with Crippen molar-refractivity contribution < 1.29 is 9.72 Å². The van der Waals surface area contributed by atoms with Gasteiger partial charge in [0.15, 0.2) is 0 Å². The summed E-state index contributed by atoms with van der Waals surface area (Å²) in [5.74, 6) is 1.51. The van der Waals surface area contributed by atoms with Gasteiger partial charge in [0.25, 0.3) is 11.6 Å². The molecule has 30 heavy (non-hydrogen) atoms. The maximum atomic E-state index is 12.4. The van der Waals surface area contributed by atoms with E-state index in [1.165, 1.54) is 18.2 Å². The van der Waals surface area contributed by atoms with Crippen molar-refractivity contribution in [1.29, 1.82) is 0 Å². The highest BCUT2D eigenvalue weighted by Crippen LogP contribution is 2.27. The molecule has 0 unspecified atom stereocenters. The lowest BCUT2D eigenvalue weighted by atomic mass is 9.86.